The third-order valence-corrected chi connectivity index (χ3v) is 4.59. The molecule has 1 aliphatic heterocycles. The zero-order valence-corrected chi connectivity index (χ0v) is 15.7. The molecule has 2 amide bonds. The Kier molecular flexibility index (Phi) is 5.67. The molecule has 154 valence electrons. The van der Waals surface area contributed by atoms with Crippen LogP contribution in [0.1, 0.15) is 22.3 Å². The predicted octanol–water partition coefficient (Wildman–Crippen LogP) is 3.26. The number of carbonyl (C=O) groups is 2. The molecule has 0 aliphatic carbocycles. The summed E-state index contributed by atoms with van der Waals surface area (Å²) in [7, 11) is 2.98. The molecular weight excluding hydrogens is 389 g/mol. The maximum absolute atomic E-state index is 12.8. The molecule has 9 heteroatoms. The standard InChI is InChI=1S/C20H19F3N2O4/c1-28-16-7-6-15(10-17(16)29-2)25-11-14(9-18(25)26)24-19(27)12-4-3-5-13(8-12)20(21,22)23/h3-8,10,14H,9,11H2,1-2H3,(H,24,27)/t14-/m1/s1. The highest BCUT2D eigenvalue weighted by Gasteiger charge is 2.33. The molecular formula is C20H19F3N2O4. The molecule has 0 bridgehead atoms. The molecule has 0 saturated carbocycles. The van der Waals surface area contributed by atoms with E-state index in [4.69, 9.17) is 9.47 Å². The van der Waals surface area contributed by atoms with Crippen LogP contribution in [0.3, 0.4) is 0 Å². The molecule has 0 radical (unpaired) electrons. The minimum absolute atomic E-state index is 0.0407. The van der Waals surface area contributed by atoms with Crippen molar-refractivity contribution in [3.63, 3.8) is 0 Å². The van der Waals surface area contributed by atoms with Gasteiger partial charge >= 0.3 is 6.18 Å². The fourth-order valence-electron chi connectivity index (χ4n) is 3.15. The lowest BCUT2D eigenvalue weighted by Crippen LogP contribution is -2.37. The van der Waals surface area contributed by atoms with Crippen LogP contribution in [-0.4, -0.2) is 38.6 Å². The van der Waals surface area contributed by atoms with E-state index in [0.717, 1.165) is 12.1 Å². The summed E-state index contributed by atoms with van der Waals surface area (Å²) in [6.45, 7) is 0.193. The van der Waals surface area contributed by atoms with E-state index < -0.39 is 23.7 Å². The zero-order chi connectivity index (χ0) is 21.2. The summed E-state index contributed by atoms with van der Waals surface area (Å²) in [5.41, 5.74) is -0.445. The van der Waals surface area contributed by atoms with Crippen molar-refractivity contribution in [3.05, 3.63) is 53.6 Å². The molecule has 1 fully saturated rings. The van der Waals surface area contributed by atoms with Crippen LogP contribution in [0.25, 0.3) is 0 Å². The van der Waals surface area contributed by atoms with Crippen molar-refractivity contribution in [1.29, 1.82) is 0 Å². The number of methoxy groups -OCH3 is 2. The molecule has 1 atom stereocenters. The second-order valence-corrected chi connectivity index (χ2v) is 6.50. The summed E-state index contributed by atoms with van der Waals surface area (Å²) in [6.07, 6.45) is -4.50. The Morgan fingerprint density at radius 1 is 1.10 bits per heavy atom. The molecule has 1 saturated heterocycles. The van der Waals surface area contributed by atoms with Gasteiger partial charge in [0, 0.05) is 30.3 Å². The van der Waals surface area contributed by atoms with E-state index >= 15 is 0 Å². The van der Waals surface area contributed by atoms with E-state index in [1.807, 2.05) is 0 Å². The summed E-state index contributed by atoms with van der Waals surface area (Å²) >= 11 is 0. The van der Waals surface area contributed by atoms with Crippen molar-refractivity contribution in [2.75, 3.05) is 25.7 Å². The van der Waals surface area contributed by atoms with Crippen LogP contribution < -0.4 is 19.7 Å². The SMILES string of the molecule is COc1ccc(N2C[C@H](NC(=O)c3cccc(C(F)(F)F)c3)CC2=O)cc1OC. The van der Waals surface area contributed by atoms with Crippen LogP contribution in [0.15, 0.2) is 42.5 Å². The molecule has 29 heavy (non-hydrogen) atoms. The van der Waals surface area contributed by atoms with Gasteiger partial charge in [0.1, 0.15) is 0 Å². The number of alkyl halides is 3. The number of nitrogens with one attached hydrogen (secondary N) is 1. The van der Waals surface area contributed by atoms with Crippen molar-refractivity contribution in [1.82, 2.24) is 5.32 Å². The first-order chi connectivity index (χ1) is 13.7. The Hall–Kier alpha value is -3.23. The third kappa shape index (κ3) is 4.44. The fraction of sp³-hybridized carbons (Fsp3) is 0.300. The Balaban J connectivity index is 1.72. The van der Waals surface area contributed by atoms with Gasteiger partial charge in [-0.2, -0.15) is 13.2 Å². The highest BCUT2D eigenvalue weighted by molar-refractivity contribution is 5.99. The van der Waals surface area contributed by atoms with Crippen LogP contribution in [-0.2, 0) is 11.0 Å². The van der Waals surface area contributed by atoms with Gasteiger partial charge in [-0.15, -0.1) is 0 Å². The van der Waals surface area contributed by atoms with E-state index in [-0.39, 0.29) is 24.4 Å². The van der Waals surface area contributed by atoms with Gasteiger partial charge in [-0.1, -0.05) is 6.07 Å². The van der Waals surface area contributed by atoms with Crippen LogP contribution in [0.2, 0.25) is 0 Å². The molecule has 1 N–H and O–H groups in total. The summed E-state index contributed by atoms with van der Waals surface area (Å²) in [6, 6.07) is 8.63. The first kappa shape index (κ1) is 20.5. The molecule has 1 heterocycles. The van der Waals surface area contributed by atoms with Crippen molar-refractivity contribution in [2.24, 2.45) is 0 Å². The average Bonchev–Trinajstić information content (AvgIpc) is 3.06. The maximum Gasteiger partial charge on any atom is 0.416 e. The highest BCUT2D eigenvalue weighted by Crippen LogP contribution is 2.33. The van der Waals surface area contributed by atoms with Crippen molar-refractivity contribution >= 4 is 17.5 Å². The van der Waals surface area contributed by atoms with E-state index in [0.29, 0.717) is 17.2 Å². The lowest BCUT2D eigenvalue weighted by Gasteiger charge is -2.19. The normalized spacial score (nSPS) is 16.7. The minimum atomic E-state index is -4.54. The number of rotatable bonds is 5. The summed E-state index contributed by atoms with van der Waals surface area (Å²) in [5, 5.41) is 2.63. The lowest BCUT2D eigenvalue weighted by atomic mass is 10.1. The smallest absolute Gasteiger partial charge is 0.416 e. The van der Waals surface area contributed by atoms with Crippen LogP contribution in [0, 0.1) is 0 Å². The first-order valence-corrected chi connectivity index (χ1v) is 8.73. The molecule has 3 rings (SSSR count). The van der Waals surface area contributed by atoms with Crippen LogP contribution >= 0.6 is 0 Å². The Morgan fingerprint density at radius 3 is 2.48 bits per heavy atom. The van der Waals surface area contributed by atoms with Crippen LogP contribution in [0.4, 0.5) is 18.9 Å². The van der Waals surface area contributed by atoms with Gasteiger partial charge in [0.05, 0.1) is 25.8 Å². The number of hydrogen-bond acceptors (Lipinski definition) is 4. The van der Waals surface area contributed by atoms with E-state index in [9.17, 15) is 22.8 Å². The molecule has 2 aromatic carbocycles. The van der Waals surface area contributed by atoms with Gasteiger partial charge in [-0.05, 0) is 30.3 Å². The number of amides is 2. The third-order valence-electron chi connectivity index (χ3n) is 4.59. The number of halogens is 3. The van der Waals surface area contributed by atoms with Crippen molar-refractivity contribution in [2.45, 2.75) is 18.6 Å². The van der Waals surface area contributed by atoms with E-state index in [2.05, 4.69) is 5.32 Å². The van der Waals surface area contributed by atoms with Gasteiger partial charge in [0.2, 0.25) is 5.91 Å². The van der Waals surface area contributed by atoms with Gasteiger partial charge in [0.25, 0.3) is 5.91 Å². The number of hydrogen-bond donors (Lipinski definition) is 1. The monoisotopic (exact) mass is 408 g/mol. The number of ether oxygens (including phenoxy) is 2. The molecule has 0 aromatic heterocycles. The second-order valence-electron chi connectivity index (χ2n) is 6.50. The largest absolute Gasteiger partial charge is 0.493 e. The fourth-order valence-corrected chi connectivity index (χ4v) is 3.15. The Labute approximate surface area is 165 Å². The lowest BCUT2D eigenvalue weighted by molar-refractivity contribution is -0.137. The molecule has 1 aliphatic rings. The summed E-state index contributed by atoms with van der Waals surface area (Å²) in [4.78, 5) is 26.3. The topological polar surface area (TPSA) is 67.9 Å². The van der Waals surface area contributed by atoms with Crippen molar-refractivity contribution < 1.29 is 32.2 Å². The highest BCUT2D eigenvalue weighted by atomic mass is 19.4. The second kappa shape index (κ2) is 8.02. The van der Waals surface area contributed by atoms with E-state index in [1.54, 1.807) is 18.2 Å². The summed E-state index contributed by atoms with van der Waals surface area (Å²) in [5.74, 6) is 0.0844. The maximum atomic E-state index is 12.8. The molecule has 0 unspecified atom stereocenters. The van der Waals surface area contributed by atoms with Crippen molar-refractivity contribution in [3.8, 4) is 11.5 Å². The molecule has 0 spiro atoms. The number of nitrogens with zero attached hydrogens (tertiary/aromatic N) is 1. The minimum Gasteiger partial charge on any atom is -0.493 e. The van der Waals surface area contributed by atoms with Gasteiger partial charge in [-0.3, -0.25) is 9.59 Å². The average molecular weight is 408 g/mol. The zero-order valence-electron chi connectivity index (χ0n) is 15.7. The molecule has 6 nitrogen and oxygen atoms in total. The van der Waals surface area contributed by atoms with E-state index in [1.165, 1.54) is 31.3 Å². The number of anilines is 1. The predicted molar refractivity (Wildman–Crippen MR) is 99.2 cm³/mol. The van der Waals surface area contributed by atoms with Gasteiger partial charge in [-0.25, -0.2) is 0 Å². The first-order valence-electron chi connectivity index (χ1n) is 8.73. The van der Waals surface area contributed by atoms with Gasteiger partial charge < -0.3 is 19.7 Å². The summed E-state index contributed by atoms with van der Waals surface area (Å²) < 4.78 is 48.9. The number of benzene rings is 2. The Bertz CT molecular complexity index is 930. The molecule has 2 aromatic rings. The quantitative estimate of drug-likeness (QED) is 0.825. The van der Waals surface area contributed by atoms with Gasteiger partial charge in [0.15, 0.2) is 11.5 Å². The Morgan fingerprint density at radius 2 is 1.83 bits per heavy atom. The van der Waals surface area contributed by atoms with Crippen LogP contribution in [0.5, 0.6) is 11.5 Å². The number of carbonyl (C=O) groups excluding carboxylic acids is 2.